The second kappa shape index (κ2) is 6.86. The van der Waals surface area contributed by atoms with E-state index >= 15 is 0 Å². The molecule has 5 heteroatoms. The van der Waals surface area contributed by atoms with Crippen LogP contribution in [-0.4, -0.2) is 25.8 Å². The van der Waals surface area contributed by atoms with Gasteiger partial charge in [-0.1, -0.05) is 34.6 Å². The number of rotatable bonds is 7. The van der Waals surface area contributed by atoms with E-state index in [9.17, 15) is 8.42 Å². The molecule has 19 heavy (non-hydrogen) atoms. The van der Waals surface area contributed by atoms with Gasteiger partial charge in [0.1, 0.15) is 4.21 Å². The van der Waals surface area contributed by atoms with Gasteiger partial charge < -0.3 is 0 Å². The highest BCUT2D eigenvalue weighted by atomic mass is 32.2. The fraction of sp³-hybridized carbons (Fsp3) is 0.714. The second-order valence-corrected chi connectivity index (χ2v) is 9.02. The Kier molecular flexibility index (Phi) is 6.02. The van der Waals surface area contributed by atoms with E-state index in [0.717, 1.165) is 11.3 Å². The Morgan fingerprint density at radius 1 is 1.11 bits per heavy atom. The van der Waals surface area contributed by atoms with Crippen LogP contribution in [0.1, 0.15) is 39.5 Å². The molecule has 0 aromatic carbocycles. The Bertz CT molecular complexity index is 479. The van der Waals surface area contributed by atoms with Crippen molar-refractivity contribution in [2.75, 3.05) is 13.1 Å². The van der Waals surface area contributed by atoms with Crippen molar-refractivity contribution >= 4 is 21.4 Å². The van der Waals surface area contributed by atoms with Crippen molar-refractivity contribution in [1.82, 2.24) is 4.31 Å². The first-order valence-electron chi connectivity index (χ1n) is 6.86. The van der Waals surface area contributed by atoms with Crippen molar-refractivity contribution in [3.63, 3.8) is 0 Å². The molecule has 1 rings (SSSR count). The molecular weight excluding hydrogens is 278 g/mol. The summed E-state index contributed by atoms with van der Waals surface area (Å²) in [5.41, 5.74) is 0. The third-order valence-corrected chi connectivity index (χ3v) is 6.25. The number of nitrogens with zero attached hydrogens (tertiary/aromatic N) is 1. The summed E-state index contributed by atoms with van der Waals surface area (Å²) in [7, 11) is -3.33. The van der Waals surface area contributed by atoms with E-state index in [2.05, 4.69) is 27.7 Å². The molecule has 0 aliphatic heterocycles. The molecule has 0 amide bonds. The maximum Gasteiger partial charge on any atom is 0.252 e. The molecule has 1 heterocycles. The Morgan fingerprint density at radius 2 is 1.63 bits per heavy atom. The Morgan fingerprint density at radius 3 is 2.00 bits per heavy atom. The summed E-state index contributed by atoms with van der Waals surface area (Å²) in [5, 5.41) is 0. The van der Waals surface area contributed by atoms with Gasteiger partial charge >= 0.3 is 0 Å². The minimum Gasteiger partial charge on any atom is -0.206 e. The monoisotopic (exact) mass is 303 g/mol. The van der Waals surface area contributed by atoms with E-state index in [1.807, 2.05) is 13.0 Å². The first-order chi connectivity index (χ1) is 8.77. The smallest absolute Gasteiger partial charge is 0.206 e. The Hall–Kier alpha value is -0.390. The number of hydrogen-bond acceptors (Lipinski definition) is 3. The molecule has 0 spiro atoms. The minimum atomic E-state index is -3.33. The zero-order valence-electron chi connectivity index (χ0n) is 12.5. The van der Waals surface area contributed by atoms with Crippen LogP contribution < -0.4 is 0 Å². The predicted molar refractivity (Wildman–Crippen MR) is 82.1 cm³/mol. The van der Waals surface area contributed by atoms with Crippen molar-refractivity contribution < 1.29 is 8.42 Å². The van der Waals surface area contributed by atoms with Crippen LogP contribution in [-0.2, 0) is 16.4 Å². The molecule has 0 radical (unpaired) electrons. The lowest BCUT2D eigenvalue weighted by atomic mass is 10.2. The van der Waals surface area contributed by atoms with Crippen LogP contribution in [0.15, 0.2) is 16.3 Å². The summed E-state index contributed by atoms with van der Waals surface area (Å²) in [6, 6.07) is 3.66. The maximum atomic E-state index is 12.7. The van der Waals surface area contributed by atoms with Crippen molar-refractivity contribution in [2.24, 2.45) is 11.8 Å². The number of aryl methyl sites for hydroxylation is 1. The Balaban J connectivity index is 3.03. The van der Waals surface area contributed by atoms with Gasteiger partial charge in [0.15, 0.2) is 0 Å². The van der Waals surface area contributed by atoms with E-state index in [-0.39, 0.29) is 0 Å². The Labute approximate surface area is 121 Å². The van der Waals surface area contributed by atoms with Gasteiger partial charge in [-0.15, -0.1) is 11.3 Å². The van der Waals surface area contributed by atoms with Crippen molar-refractivity contribution in [3.05, 3.63) is 17.0 Å². The third-order valence-electron chi connectivity index (χ3n) is 2.72. The summed E-state index contributed by atoms with van der Waals surface area (Å²) in [4.78, 5) is 1.12. The normalized spacial score (nSPS) is 12.8. The number of thiophene rings is 1. The van der Waals surface area contributed by atoms with Gasteiger partial charge in [0.25, 0.3) is 10.0 Å². The van der Waals surface area contributed by atoms with E-state index < -0.39 is 10.0 Å². The van der Waals surface area contributed by atoms with Gasteiger partial charge in [-0.3, -0.25) is 0 Å². The molecule has 0 saturated carbocycles. The molecule has 3 nitrogen and oxygen atoms in total. The fourth-order valence-electron chi connectivity index (χ4n) is 1.90. The minimum absolute atomic E-state index is 0.333. The summed E-state index contributed by atoms with van der Waals surface area (Å²) in [5.74, 6) is 0.665. The molecule has 0 unspecified atom stereocenters. The van der Waals surface area contributed by atoms with E-state index in [0.29, 0.717) is 29.1 Å². The molecular formula is C14H25NO2S2. The highest BCUT2D eigenvalue weighted by molar-refractivity contribution is 7.91. The summed E-state index contributed by atoms with van der Waals surface area (Å²) in [6.45, 7) is 11.4. The molecule has 0 aliphatic carbocycles. The molecule has 1 aromatic heterocycles. The molecule has 0 fully saturated rings. The zero-order chi connectivity index (χ0) is 14.6. The zero-order valence-corrected chi connectivity index (χ0v) is 14.1. The second-order valence-electron chi connectivity index (χ2n) is 5.68. The van der Waals surface area contributed by atoms with E-state index in [1.54, 1.807) is 10.4 Å². The molecule has 0 aliphatic rings. The molecule has 0 atom stereocenters. The van der Waals surface area contributed by atoms with Crippen LogP contribution in [0.4, 0.5) is 0 Å². The number of hydrogen-bond donors (Lipinski definition) is 0. The summed E-state index contributed by atoms with van der Waals surface area (Å²) in [6.07, 6.45) is 0.883. The van der Waals surface area contributed by atoms with Gasteiger partial charge in [0, 0.05) is 18.0 Å². The summed E-state index contributed by atoms with van der Waals surface area (Å²) < 4.78 is 27.4. The first-order valence-corrected chi connectivity index (χ1v) is 9.11. The van der Waals surface area contributed by atoms with E-state index in [1.165, 1.54) is 11.3 Å². The van der Waals surface area contributed by atoms with Crippen molar-refractivity contribution in [3.8, 4) is 0 Å². The van der Waals surface area contributed by atoms with Crippen LogP contribution in [0.2, 0.25) is 0 Å². The molecule has 0 N–H and O–H groups in total. The van der Waals surface area contributed by atoms with Crippen LogP contribution in [0.5, 0.6) is 0 Å². The lowest BCUT2D eigenvalue weighted by Crippen LogP contribution is -2.36. The van der Waals surface area contributed by atoms with Gasteiger partial charge in [-0.05, 0) is 30.4 Å². The van der Waals surface area contributed by atoms with Gasteiger partial charge in [-0.25, -0.2) is 8.42 Å². The van der Waals surface area contributed by atoms with Crippen LogP contribution in [0, 0.1) is 11.8 Å². The first kappa shape index (κ1) is 16.7. The molecule has 1 aromatic rings. The average Bonchev–Trinajstić information content (AvgIpc) is 2.75. The van der Waals surface area contributed by atoms with Crippen LogP contribution in [0.3, 0.4) is 0 Å². The maximum absolute atomic E-state index is 12.7. The standard InChI is InChI=1S/C14H25NO2S2/c1-6-13-7-8-14(18-13)19(16,17)15(9-11(2)3)10-12(4)5/h7-8,11-12H,6,9-10H2,1-5H3. The molecule has 0 saturated heterocycles. The van der Waals surface area contributed by atoms with Crippen LogP contribution in [0.25, 0.3) is 0 Å². The van der Waals surface area contributed by atoms with Gasteiger partial charge in [-0.2, -0.15) is 4.31 Å². The quantitative estimate of drug-likeness (QED) is 0.771. The lowest BCUT2D eigenvalue weighted by Gasteiger charge is -2.24. The molecule has 0 bridgehead atoms. The SMILES string of the molecule is CCc1ccc(S(=O)(=O)N(CC(C)C)CC(C)C)s1. The summed E-state index contributed by atoms with van der Waals surface area (Å²) >= 11 is 1.39. The topological polar surface area (TPSA) is 37.4 Å². The third kappa shape index (κ3) is 4.58. The predicted octanol–water partition coefficient (Wildman–Crippen LogP) is 3.61. The highest BCUT2D eigenvalue weighted by Crippen LogP contribution is 2.26. The lowest BCUT2D eigenvalue weighted by molar-refractivity contribution is 0.334. The average molecular weight is 303 g/mol. The largest absolute Gasteiger partial charge is 0.252 e. The van der Waals surface area contributed by atoms with Crippen LogP contribution >= 0.6 is 11.3 Å². The van der Waals surface area contributed by atoms with Gasteiger partial charge in [0.2, 0.25) is 0 Å². The van der Waals surface area contributed by atoms with Crippen molar-refractivity contribution in [1.29, 1.82) is 0 Å². The van der Waals surface area contributed by atoms with E-state index in [4.69, 9.17) is 0 Å². The van der Waals surface area contributed by atoms with Gasteiger partial charge in [0.05, 0.1) is 0 Å². The fourth-order valence-corrected chi connectivity index (χ4v) is 5.12. The van der Waals surface area contributed by atoms with Crippen molar-refractivity contribution in [2.45, 2.75) is 45.2 Å². The number of sulfonamides is 1. The molecule has 110 valence electrons. The highest BCUT2D eigenvalue weighted by Gasteiger charge is 2.27.